The van der Waals surface area contributed by atoms with Crippen LogP contribution in [0.3, 0.4) is 0 Å². The molecule has 104 valence electrons. The summed E-state index contributed by atoms with van der Waals surface area (Å²) in [6.07, 6.45) is 0. The van der Waals surface area contributed by atoms with E-state index in [1.54, 1.807) is 6.92 Å². The molecule has 0 amide bonds. The summed E-state index contributed by atoms with van der Waals surface area (Å²) in [7, 11) is -2.68. The second-order valence-corrected chi connectivity index (χ2v) is 5.68. The molecule has 0 saturated carbocycles. The van der Waals surface area contributed by atoms with Gasteiger partial charge in [0, 0.05) is 25.7 Å². The topological polar surface area (TPSA) is 118 Å². The Bertz CT molecular complexity index is 625. The van der Waals surface area contributed by atoms with Crippen LogP contribution in [0.4, 0.5) is 5.69 Å². The molecule has 1 rings (SSSR count). The van der Waals surface area contributed by atoms with Crippen molar-refractivity contribution < 1.29 is 23.2 Å². The van der Waals surface area contributed by atoms with E-state index in [1.165, 1.54) is 7.05 Å². The predicted octanol–water partition coefficient (Wildman–Crippen LogP) is 0.933. The molecule has 9 heteroatoms. The number of aromatic carboxylic acids is 1. The van der Waals surface area contributed by atoms with E-state index in [0.29, 0.717) is 0 Å². The molecule has 0 atom stereocenters. The van der Waals surface area contributed by atoms with Crippen LogP contribution < -0.4 is 0 Å². The number of hydrogen-bond donors (Lipinski definition) is 1. The minimum atomic E-state index is -3.98. The van der Waals surface area contributed by atoms with Crippen LogP contribution in [0.1, 0.15) is 17.3 Å². The average molecular weight is 288 g/mol. The highest BCUT2D eigenvalue weighted by atomic mass is 32.2. The monoisotopic (exact) mass is 288 g/mol. The van der Waals surface area contributed by atoms with E-state index in [9.17, 15) is 23.3 Å². The van der Waals surface area contributed by atoms with E-state index in [4.69, 9.17) is 5.11 Å². The van der Waals surface area contributed by atoms with Crippen LogP contribution in [0, 0.1) is 10.1 Å². The minimum absolute atomic E-state index is 0.151. The van der Waals surface area contributed by atoms with Gasteiger partial charge in [-0.2, -0.15) is 0 Å². The van der Waals surface area contributed by atoms with Crippen LogP contribution >= 0.6 is 0 Å². The molecule has 0 bridgehead atoms. The van der Waals surface area contributed by atoms with Crippen molar-refractivity contribution >= 4 is 21.7 Å². The summed E-state index contributed by atoms with van der Waals surface area (Å²) in [6.45, 7) is 1.74. The summed E-state index contributed by atoms with van der Waals surface area (Å²) >= 11 is 0. The van der Waals surface area contributed by atoms with Crippen LogP contribution in [0.5, 0.6) is 0 Å². The number of benzene rings is 1. The van der Waals surface area contributed by atoms with Gasteiger partial charge in [0.1, 0.15) is 0 Å². The molecular formula is C10H12N2O6S. The van der Waals surface area contributed by atoms with Crippen molar-refractivity contribution in [2.45, 2.75) is 11.8 Å². The number of non-ortho nitro benzene ring substituents is 1. The van der Waals surface area contributed by atoms with Gasteiger partial charge >= 0.3 is 5.97 Å². The largest absolute Gasteiger partial charge is 0.478 e. The molecule has 0 aliphatic carbocycles. The van der Waals surface area contributed by atoms with E-state index < -0.39 is 37.1 Å². The lowest BCUT2D eigenvalue weighted by Gasteiger charge is -2.16. The Kier molecular flexibility index (Phi) is 4.22. The average Bonchev–Trinajstić information content (AvgIpc) is 2.36. The molecular weight excluding hydrogens is 276 g/mol. The number of carbonyl (C=O) groups is 1. The Morgan fingerprint density at radius 2 is 2.05 bits per heavy atom. The molecule has 0 aliphatic rings. The Balaban J connectivity index is 3.53. The number of nitro groups is 1. The first-order valence-corrected chi connectivity index (χ1v) is 6.64. The van der Waals surface area contributed by atoms with Crippen molar-refractivity contribution in [2.75, 3.05) is 13.6 Å². The van der Waals surface area contributed by atoms with Gasteiger partial charge in [-0.15, -0.1) is 0 Å². The molecule has 1 N–H and O–H groups in total. The first kappa shape index (κ1) is 15.1. The summed E-state index contributed by atoms with van der Waals surface area (Å²) in [5, 5.41) is 19.6. The Hall–Kier alpha value is -2.00. The van der Waals surface area contributed by atoms with E-state index in [-0.39, 0.29) is 6.54 Å². The number of sulfonamides is 1. The fraction of sp³-hybridized carbons (Fsp3) is 0.300. The quantitative estimate of drug-likeness (QED) is 0.636. The normalized spacial score (nSPS) is 11.5. The maximum absolute atomic E-state index is 12.1. The zero-order chi connectivity index (χ0) is 14.8. The van der Waals surface area contributed by atoms with Gasteiger partial charge in [0.2, 0.25) is 10.0 Å². The second-order valence-electron chi connectivity index (χ2n) is 3.66. The van der Waals surface area contributed by atoms with Gasteiger partial charge in [0.25, 0.3) is 5.69 Å². The summed E-state index contributed by atoms with van der Waals surface area (Å²) in [6, 6.07) is 2.63. The summed E-state index contributed by atoms with van der Waals surface area (Å²) in [5.74, 6) is -1.54. The van der Waals surface area contributed by atoms with Gasteiger partial charge < -0.3 is 5.11 Å². The van der Waals surface area contributed by atoms with Gasteiger partial charge in [-0.25, -0.2) is 17.5 Å². The molecule has 0 heterocycles. The molecule has 0 spiro atoms. The van der Waals surface area contributed by atoms with Crippen molar-refractivity contribution in [3.05, 3.63) is 33.9 Å². The zero-order valence-electron chi connectivity index (χ0n) is 10.2. The fourth-order valence-electron chi connectivity index (χ4n) is 1.36. The van der Waals surface area contributed by atoms with Gasteiger partial charge in [0.15, 0.2) is 0 Å². The summed E-state index contributed by atoms with van der Waals surface area (Å²) < 4.78 is 25.1. The first-order valence-electron chi connectivity index (χ1n) is 5.20. The van der Waals surface area contributed by atoms with Crippen molar-refractivity contribution in [1.82, 2.24) is 4.31 Å². The molecule has 1 aromatic carbocycles. The van der Waals surface area contributed by atoms with Crippen molar-refractivity contribution in [1.29, 1.82) is 0 Å². The fourth-order valence-corrected chi connectivity index (χ4v) is 2.70. The Morgan fingerprint density at radius 1 is 1.47 bits per heavy atom. The SMILES string of the molecule is CCN(C)S(=O)(=O)c1ccc([N+](=O)[O-])cc1C(=O)O. The van der Waals surface area contributed by atoms with Crippen molar-refractivity contribution in [3.8, 4) is 0 Å². The van der Waals surface area contributed by atoms with Gasteiger partial charge in [-0.3, -0.25) is 10.1 Å². The molecule has 0 fully saturated rings. The maximum atomic E-state index is 12.1. The van der Waals surface area contributed by atoms with E-state index in [0.717, 1.165) is 22.5 Å². The number of rotatable bonds is 5. The lowest BCUT2D eigenvalue weighted by atomic mass is 10.2. The number of hydrogen-bond acceptors (Lipinski definition) is 5. The lowest BCUT2D eigenvalue weighted by Crippen LogP contribution is -2.28. The van der Waals surface area contributed by atoms with E-state index >= 15 is 0 Å². The van der Waals surface area contributed by atoms with Crippen LogP contribution in [0.15, 0.2) is 23.1 Å². The molecule has 0 saturated heterocycles. The third kappa shape index (κ3) is 2.88. The highest BCUT2D eigenvalue weighted by Crippen LogP contribution is 2.24. The lowest BCUT2D eigenvalue weighted by molar-refractivity contribution is -0.384. The second kappa shape index (κ2) is 5.33. The Morgan fingerprint density at radius 3 is 2.47 bits per heavy atom. The van der Waals surface area contributed by atoms with Gasteiger partial charge in [-0.1, -0.05) is 6.92 Å². The molecule has 8 nitrogen and oxygen atoms in total. The molecule has 0 aliphatic heterocycles. The molecule has 0 radical (unpaired) electrons. The summed E-state index contributed by atoms with van der Waals surface area (Å²) in [5.41, 5.74) is -1.09. The van der Waals surface area contributed by atoms with Crippen LogP contribution in [0.2, 0.25) is 0 Å². The molecule has 0 unspecified atom stereocenters. The number of nitro benzene ring substituents is 1. The highest BCUT2D eigenvalue weighted by Gasteiger charge is 2.27. The first-order chi connectivity index (χ1) is 8.71. The predicted molar refractivity (Wildman–Crippen MR) is 65.5 cm³/mol. The number of carboxylic acid groups (broad SMARTS) is 1. The van der Waals surface area contributed by atoms with Crippen LogP contribution in [-0.2, 0) is 10.0 Å². The van der Waals surface area contributed by atoms with E-state index in [2.05, 4.69) is 0 Å². The van der Waals surface area contributed by atoms with Crippen LogP contribution in [0.25, 0.3) is 0 Å². The smallest absolute Gasteiger partial charge is 0.337 e. The number of carboxylic acids is 1. The highest BCUT2D eigenvalue weighted by molar-refractivity contribution is 7.89. The van der Waals surface area contributed by atoms with Crippen LogP contribution in [-0.4, -0.2) is 42.3 Å². The van der Waals surface area contributed by atoms with Crippen molar-refractivity contribution in [3.63, 3.8) is 0 Å². The zero-order valence-corrected chi connectivity index (χ0v) is 11.0. The number of nitrogens with zero attached hydrogens (tertiary/aromatic N) is 2. The van der Waals surface area contributed by atoms with Gasteiger partial charge in [0.05, 0.1) is 15.4 Å². The van der Waals surface area contributed by atoms with Gasteiger partial charge in [-0.05, 0) is 6.07 Å². The maximum Gasteiger partial charge on any atom is 0.337 e. The molecule has 19 heavy (non-hydrogen) atoms. The minimum Gasteiger partial charge on any atom is -0.478 e. The Labute approximate surface area is 109 Å². The molecule has 0 aromatic heterocycles. The van der Waals surface area contributed by atoms with E-state index in [1.807, 2.05) is 0 Å². The third-order valence-electron chi connectivity index (χ3n) is 2.54. The third-order valence-corrected chi connectivity index (χ3v) is 4.53. The van der Waals surface area contributed by atoms with Crippen molar-refractivity contribution in [2.24, 2.45) is 0 Å². The standard InChI is InChI=1S/C10H12N2O6S/c1-3-11(2)19(17,18)9-5-4-7(12(15)16)6-8(9)10(13)14/h4-6H,3H2,1-2H3,(H,13,14). The molecule has 1 aromatic rings. The summed E-state index contributed by atoms with van der Waals surface area (Å²) in [4.78, 5) is 20.4.